The molecule has 31 heavy (non-hydrogen) atoms. The number of hydrogen-bond acceptors (Lipinski definition) is 6. The fourth-order valence-electron chi connectivity index (χ4n) is 3.63. The van der Waals surface area contributed by atoms with Gasteiger partial charge in [0.05, 0.1) is 18.9 Å². The zero-order chi connectivity index (χ0) is 21.6. The molecule has 5 rings (SSSR count). The molecule has 0 bridgehead atoms. The molecular weight excluding hydrogens is 414 g/mol. The van der Waals surface area contributed by atoms with Crippen LogP contribution in [0.4, 0.5) is 23.4 Å². The van der Waals surface area contributed by atoms with Gasteiger partial charge >= 0.3 is 6.18 Å². The molecule has 2 aliphatic rings. The highest BCUT2D eigenvalue weighted by Gasteiger charge is 2.33. The summed E-state index contributed by atoms with van der Waals surface area (Å²) in [6.07, 6.45) is 4.75. The predicted octanol–water partition coefficient (Wildman–Crippen LogP) is 3.65. The first kappa shape index (κ1) is 19.3. The summed E-state index contributed by atoms with van der Waals surface area (Å²) in [6, 6.07) is 1.71. The summed E-state index contributed by atoms with van der Waals surface area (Å²) < 4.78 is 54.4. The summed E-state index contributed by atoms with van der Waals surface area (Å²) in [5.41, 5.74) is 0.876. The number of aliphatic imine (C=N–C) groups is 1. The lowest BCUT2D eigenvalue weighted by Gasteiger charge is -2.28. The van der Waals surface area contributed by atoms with Gasteiger partial charge in [-0.3, -0.25) is 9.39 Å². The van der Waals surface area contributed by atoms with Crippen LogP contribution in [0.3, 0.4) is 0 Å². The van der Waals surface area contributed by atoms with Crippen molar-refractivity contribution >= 4 is 17.4 Å². The minimum absolute atomic E-state index is 0.230. The van der Waals surface area contributed by atoms with E-state index in [1.165, 1.54) is 16.8 Å². The van der Waals surface area contributed by atoms with Crippen molar-refractivity contribution in [2.24, 2.45) is 4.99 Å². The van der Waals surface area contributed by atoms with Gasteiger partial charge in [0.15, 0.2) is 17.2 Å². The molecule has 5 heterocycles. The number of aromatic nitrogens is 5. The van der Waals surface area contributed by atoms with Crippen LogP contribution in [0, 0.1) is 0 Å². The highest BCUT2D eigenvalue weighted by Crippen LogP contribution is 2.29. The molecular formula is C20H15F4N7. The number of fused-ring (bicyclic) bond motifs is 1. The Kier molecular flexibility index (Phi) is 4.53. The van der Waals surface area contributed by atoms with E-state index in [0.717, 1.165) is 18.0 Å². The average molecular weight is 429 g/mol. The molecule has 0 fully saturated rings. The maximum Gasteiger partial charge on any atom is 0.434 e. The van der Waals surface area contributed by atoms with E-state index in [1.54, 1.807) is 12.1 Å². The van der Waals surface area contributed by atoms with Crippen molar-refractivity contribution in [3.05, 3.63) is 59.8 Å². The molecule has 158 valence electrons. The smallest absolute Gasteiger partial charge is 0.352 e. The van der Waals surface area contributed by atoms with E-state index in [-0.39, 0.29) is 11.5 Å². The summed E-state index contributed by atoms with van der Waals surface area (Å²) in [7, 11) is 0. The standard InChI is InChI=1S/C20H15F4N7/c21-18-13(3-5-25-18)12-2-1-7-30(10-12)16-4-6-26-19(29-16)14-8-28-17-9-27-15(11-31(14)17)20(22,23)24/h2-4,6,8-9,11H,1,5,7,10H2. The van der Waals surface area contributed by atoms with Gasteiger partial charge in [-0.1, -0.05) is 12.2 Å². The minimum atomic E-state index is -4.58. The second kappa shape index (κ2) is 7.25. The zero-order valence-corrected chi connectivity index (χ0v) is 16.0. The van der Waals surface area contributed by atoms with E-state index < -0.39 is 17.8 Å². The van der Waals surface area contributed by atoms with Crippen LogP contribution in [0.25, 0.3) is 17.2 Å². The maximum absolute atomic E-state index is 13.9. The van der Waals surface area contributed by atoms with E-state index in [4.69, 9.17) is 0 Å². The number of halogens is 4. The lowest BCUT2D eigenvalue weighted by molar-refractivity contribution is -0.141. The normalized spacial score (nSPS) is 17.0. The lowest BCUT2D eigenvalue weighted by Crippen LogP contribution is -2.31. The molecule has 0 aromatic carbocycles. The van der Waals surface area contributed by atoms with Crippen molar-refractivity contribution in [3.8, 4) is 11.5 Å². The first-order valence-corrected chi connectivity index (χ1v) is 9.49. The van der Waals surface area contributed by atoms with E-state index in [1.807, 2.05) is 11.0 Å². The second-order valence-corrected chi connectivity index (χ2v) is 7.07. The Bertz CT molecular complexity index is 1260. The predicted molar refractivity (Wildman–Crippen MR) is 105 cm³/mol. The molecule has 2 aliphatic heterocycles. The minimum Gasteiger partial charge on any atom is -0.352 e. The van der Waals surface area contributed by atoms with Crippen LogP contribution in [0.1, 0.15) is 12.1 Å². The van der Waals surface area contributed by atoms with Crippen LogP contribution >= 0.6 is 0 Å². The van der Waals surface area contributed by atoms with Crippen LogP contribution in [0.2, 0.25) is 0 Å². The summed E-state index contributed by atoms with van der Waals surface area (Å²) in [4.78, 5) is 22.0. The third-order valence-electron chi connectivity index (χ3n) is 5.13. The third-order valence-corrected chi connectivity index (χ3v) is 5.13. The van der Waals surface area contributed by atoms with Crippen molar-refractivity contribution in [2.75, 3.05) is 24.5 Å². The maximum atomic E-state index is 13.9. The van der Waals surface area contributed by atoms with Crippen LogP contribution in [-0.4, -0.2) is 49.9 Å². The van der Waals surface area contributed by atoms with Crippen LogP contribution in [0.15, 0.2) is 59.1 Å². The summed E-state index contributed by atoms with van der Waals surface area (Å²) >= 11 is 0. The number of rotatable bonds is 3. The van der Waals surface area contributed by atoms with E-state index in [9.17, 15) is 17.6 Å². The van der Waals surface area contributed by atoms with Gasteiger partial charge in [0.25, 0.3) is 0 Å². The topological polar surface area (TPSA) is 71.6 Å². The molecule has 0 radical (unpaired) electrons. The van der Waals surface area contributed by atoms with Crippen molar-refractivity contribution < 1.29 is 17.6 Å². The summed E-state index contributed by atoms with van der Waals surface area (Å²) in [6.45, 7) is 1.45. The van der Waals surface area contributed by atoms with Crippen LogP contribution in [0.5, 0.6) is 0 Å². The molecule has 0 atom stereocenters. The van der Waals surface area contributed by atoms with Crippen molar-refractivity contribution in [2.45, 2.75) is 12.6 Å². The van der Waals surface area contributed by atoms with Gasteiger partial charge in [-0.15, -0.1) is 0 Å². The monoisotopic (exact) mass is 429 g/mol. The molecule has 3 aromatic heterocycles. The summed E-state index contributed by atoms with van der Waals surface area (Å²) in [5, 5.41) is 0. The molecule has 11 heteroatoms. The molecule has 0 unspecified atom stereocenters. The van der Waals surface area contributed by atoms with E-state index in [2.05, 4.69) is 24.9 Å². The van der Waals surface area contributed by atoms with Gasteiger partial charge in [0.1, 0.15) is 11.5 Å². The largest absolute Gasteiger partial charge is 0.434 e. The van der Waals surface area contributed by atoms with Gasteiger partial charge in [0, 0.05) is 31.1 Å². The summed E-state index contributed by atoms with van der Waals surface area (Å²) in [5.74, 6) is 0.358. The number of hydrogen-bond donors (Lipinski definition) is 0. The van der Waals surface area contributed by atoms with Gasteiger partial charge < -0.3 is 4.90 Å². The van der Waals surface area contributed by atoms with Crippen molar-refractivity contribution in [3.63, 3.8) is 0 Å². The number of anilines is 1. The van der Waals surface area contributed by atoms with Gasteiger partial charge in [-0.05, 0) is 18.1 Å². The molecule has 0 N–H and O–H groups in total. The highest BCUT2D eigenvalue weighted by atomic mass is 19.4. The van der Waals surface area contributed by atoms with Crippen molar-refractivity contribution in [1.29, 1.82) is 0 Å². The highest BCUT2D eigenvalue weighted by molar-refractivity contribution is 5.99. The molecule has 0 amide bonds. The lowest BCUT2D eigenvalue weighted by atomic mass is 10.0. The zero-order valence-electron chi connectivity index (χ0n) is 16.0. The average Bonchev–Trinajstić information content (AvgIpc) is 3.39. The number of nitrogens with zero attached hydrogens (tertiary/aromatic N) is 7. The van der Waals surface area contributed by atoms with Crippen molar-refractivity contribution in [1.82, 2.24) is 24.3 Å². The molecule has 0 spiro atoms. The Labute approximate surface area is 173 Å². The molecule has 0 saturated carbocycles. The molecule has 3 aromatic rings. The van der Waals surface area contributed by atoms with E-state index >= 15 is 0 Å². The first-order valence-electron chi connectivity index (χ1n) is 9.49. The number of imidazole rings is 1. The Morgan fingerprint density at radius 2 is 1.90 bits per heavy atom. The van der Waals surface area contributed by atoms with Gasteiger partial charge in [0.2, 0.25) is 5.97 Å². The van der Waals surface area contributed by atoms with Crippen LogP contribution in [-0.2, 0) is 6.18 Å². The van der Waals surface area contributed by atoms with E-state index in [0.29, 0.717) is 43.1 Å². The Morgan fingerprint density at radius 1 is 1.03 bits per heavy atom. The second-order valence-electron chi connectivity index (χ2n) is 7.07. The number of alkyl halides is 3. The Balaban J connectivity index is 1.47. The Hall–Kier alpha value is -3.63. The molecule has 0 aliphatic carbocycles. The first-order chi connectivity index (χ1) is 14.9. The Morgan fingerprint density at radius 3 is 2.68 bits per heavy atom. The van der Waals surface area contributed by atoms with Gasteiger partial charge in [-0.25, -0.2) is 19.9 Å². The van der Waals surface area contributed by atoms with Crippen LogP contribution < -0.4 is 4.90 Å². The molecule has 7 nitrogen and oxygen atoms in total. The SMILES string of the molecule is FC1=NCC=C1C1=CCCN(c2ccnc(-c3cnc4cnc(C(F)(F)F)cn34)n2)C1. The quantitative estimate of drug-likeness (QED) is 0.595. The fraction of sp³-hybridized carbons (Fsp3) is 0.250. The van der Waals surface area contributed by atoms with Gasteiger partial charge in [-0.2, -0.15) is 17.6 Å². The third kappa shape index (κ3) is 3.56. The fourth-order valence-corrected chi connectivity index (χ4v) is 3.63. The molecule has 0 saturated heterocycles.